The van der Waals surface area contributed by atoms with Crippen molar-refractivity contribution in [1.82, 2.24) is 14.9 Å². The van der Waals surface area contributed by atoms with E-state index in [1.807, 2.05) is 12.1 Å². The fourth-order valence-electron chi connectivity index (χ4n) is 4.26. The maximum atomic E-state index is 14.9. The molecule has 0 aliphatic carbocycles. The van der Waals surface area contributed by atoms with Crippen LogP contribution in [0.2, 0.25) is 0 Å². The Morgan fingerprint density at radius 3 is 2.44 bits per heavy atom. The molecule has 4 nitrogen and oxygen atoms in total. The largest absolute Gasteiger partial charge is 0.416 e. The minimum atomic E-state index is -4.48. The Morgan fingerprint density at radius 1 is 0.912 bits per heavy atom. The molecule has 0 saturated carbocycles. The summed E-state index contributed by atoms with van der Waals surface area (Å²) in [7, 11) is 0. The summed E-state index contributed by atoms with van der Waals surface area (Å²) in [5, 5.41) is 3.53. The van der Waals surface area contributed by atoms with E-state index in [2.05, 4.69) is 10.3 Å². The van der Waals surface area contributed by atoms with Gasteiger partial charge in [-0.1, -0.05) is 24.3 Å². The lowest BCUT2D eigenvalue weighted by molar-refractivity contribution is -0.137. The van der Waals surface area contributed by atoms with Gasteiger partial charge in [-0.2, -0.15) is 13.2 Å². The Hall–Kier alpha value is -3.72. The molecule has 0 bridgehead atoms. The third-order valence-electron chi connectivity index (χ3n) is 5.75. The summed E-state index contributed by atoms with van der Waals surface area (Å²) in [5.74, 6) is -0.463. The topological polar surface area (TPSA) is 33.1 Å². The molecule has 1 aliphatic rings. The van der Waals surface area contributed by atoms with Crippen molar-refractivity contribution in [2.24, 2.45) is 0 Å². The minimum absolute atomic E-state index is 0.264. The van der Waals surface area contributed by atoms with E-state index in [-0.39, 0.29) is 5.69 Å². The van der Waals surface area contributed by atoms with Gasteiger partial charge in [0, 0.05) is 23.8 Å². The summed E-state index contributed by atoms with van der Waals surface area (Å²) in [4.78, 5) is 6.11. The van der Waals surface area contributed by atoms with Crippen LogP contribution in [-0.4, -0.2) is 14.7 Å². The van der Waals surface area contributed by atoms with Crippen molar-refractivity contribution in [3.05, 3.63) is 114 Å². The molecule has 0 amide bonds. The number of aromatic nitrogens is 2. The SMILES string of the molecule is Fc1ccccc1N1C(=S)N[C@@H](c2ccccn2)[C@@H]1c1cccn1-c1cccc(C(F)(F)F)c1. The molecular weight excluding hydrogens is 464 g/mol. The standard InChI is InChI=1S/C25H18F4N4S/c26-18-9-1-2-11-20(18)33-23(22(31-24(33)34)19-10-3-4-13-30-19)21-12-6-14-32(21)17-8-5-7-16(15-17)25(27,28)29/h1-15,22-23H,(H,31,34)/t22-,23-/m0/s1. The Kier molecular flexibility index (Phi) is 5.57. The van der Waals surface area contributed by atoms with E-state index in [0.29, 0.717) is 22.2 Å². The Balaban J connectivity index is 1.68. The first-order chi connectivity index (χ1) is 16.3. The second-order valence-electron chi connectivity index (χ2n) is 7.80. The molecule has 9 heteroatoms. The van der Waals surface area contributed by atoms with Crippen LogP contribution in [-0.2, 0) is 6.18 Å². The van der Waals surface area contributed by atoms with Crippen LogP contribution in [0.4, 0.5) is 23.2 Å². The average molecular weight is 483 g/mol. The predicted octanol–water partition coefficient (Wildman–Crippen LogP) is 6.21. The van der Waals surface area contributed by atoms with Crippen molar-refractivity contribution in [3.8, 4) is 5.69 Å². The van der Waals surface area contributed by atoms with Crippen molar-refractivity contribution in [2.75, 3.05) is 4.90 Å². The Morgan fingerprint density at radius 2 is 1.71 bits per heavy atom. The van der Waals surface area contributed by atoms with Crippen LogP contribution in [0.15, 0.2) is 91.3 Å². The van der Waals surface area contributed by atoms with E-state index in [4.69, 9.17) is 12.2 Å². The number of halogens is 4. The molecule has 4 aromatic rings. The molecule has 2 aromatic carbocycles. The molecule has 5 rings (SSSR count). The van der Waals surface area contributed by atoms with Crippen LogP contribution >= 0.6 is 12.2 Å². The van der Waals surface area contributed by atoms with E-state index in [0.717, 1.165) is 12.1 Å². The Bertz CT molecular complexity index is 1340. The van der Waals surface area contributed by atoms with Gasteiger partial charge in [-0.05, 0) is 66.8 Å². The second-order valence-corrected chi connectivity index (χ2v) is 8.19. The second kappa shape index (κ2) is 8.57. The zero-order valence-corrected chi connectivity index (χ0v) is 18.4. The van der Waals surface area contributed by atoms with Crippen LogP contribution < -0.4 is 10.2 Å². The monoisotopic (exact) mass is 482 g/mol. The molecule has 0 radical (unpaired) electrons. The number of nitrogens with zero attached hydrogens (tertiary/aromatic N) is 3. The fraction of sp³-hybridized carbons (Fsp3) is 0.120. The van der Waals surface area contributed by atoms with Crippen molar-refractivity contribution in [3.63, 3.8) is 0 Å². The third kappa shape index (κ3) is 3.92. The van der Waals surface area contributed by atoms with Crippen LogP contribution in [0.25, 0.3) is 5.69 Å². The number of rotatable bonds is 4. The van der Waals surface area contributed by atoms with Crippen LogP contribution in [0.5, 0.6) is 0 Å². The molecule has 1 N–H and O–H groups in total. The minimum Gasteiger partial charge on any atom is -0.351 e. The zero-order chi connectivity index (χ0) is 23.9. The summed E-state index contributed by atoms with van der Waals surface area (Å²) in [5.41, 5.74) is 1.15. The zero-order valence-electron chi connectivity index (χ0n) is 17.6. The van der Waals surface area contributed by atoms with Crippen LogP contribution in [0.1, 0.15) is 29.0 Å². The lowest BCUT2D eigenvalue weighted by Gasteiger charge is -2.29. The van der Waals surface area contributed by atoms with E-state index in [9.17, 15) is 17.6 Å². The van der Waals surface area contributed by atoms with Gasteiger partial charge in [0.2, 0.25) is 0 Å². The number of nitrogens with one attached hydrogen (secondary N) is 1. The van der Waals surface area contributed by atoms with Gasteiger partial charge in [0.25, 0.3) is 0 Å². The summed E-state index contributed by atoms with van der Waals surface area (Å²) >= 11 is 5.60. The van der Waals surface area contributed by atoms with Crippen molar-refractivity contribution in [1.29, 1.82) is 0 Å². The Labute approximate surface area is 198 Å². The number of hydrogen-bond donors (Lipinski definition) is 1. The maximum absolute atomic E-state index is 14.9. The number of hydrogen-bond acceptors (Lipinski definition) is 2. The highest BCUT2D eigenvalue weighted by Crippen LogP contribution is 2.43. The van der Waals surface area contributed by atoms with Gasteiger partial charge in [-0.3, -0.25) is 4.98 Å². The lowest BCUT2D eigenvalue weighted by Crippen LogP contribution is -2.31. The van der Waals surface area contributed by atoms with E-state index in [1.54, 1.807) is 64.3 Å². The molecule has 2 atom stereocenters. The van der Waals surface area contributed by atoms with Gasteiger partial charge >= 0.3 is 6.18 Å². The predicted molar refractivity (Wildman–Crippen MR) is 125 cm³/mol. The highest BCUT2D eigenvalue weighted by atomic mass is 32.1. The van der Waals surface area contributed by atoms with Crippen LogP contribution in [0.3, 0.4) is 0 Å². The smallest absolute Gasteiger partial charge is 0.351 e. The molecule has 2 aromatic heterocycles. The van der Waals surface area contributed by atoms with Crippen molar-refractivity contribution >= 4 is 23.0 Å². The summed E-state index contributed by atoms with van der Waals surface area (Å²) in [6.07, 6.45) is -1.15. The third-order valence-corrected chi connectivity index (χ3v) is 6.06. The molecule has 34 heavy (non-hydrogen) atoms. The van der Waals surface area contributed by atoms with Gasteiger partial charge in [0.1, 0.15) is 11.9 Å². The number of anilines is 1. The first-order valence-corrected chi connectivity index (χ1v) is 10.9. The first kappa shape index (κ1) is 22.1. The summed E-state index contributed by atoms with van der Waals surface area (Å²) in [6.45, 7) is 0. The van der Waals surface area contributed by atoms with Gasteiger partial charge in [0.05, 0.1) is 23.0 Å². The van der Waals surface area contributed by atoms with E-state index < -0.39 is 29.6 Å². The highest BCUT2D eigenvalue weighted by molar-refractivity contribution is 7.80. The van der Waals surface area contributed by atoms with Crippen molar-refractivity contribution in [2.45, 2.75) is 18.3 Å². The van der Waals surface area contributed by atoms with Crippen molar-refractivity contribution < 1.29 is 17.6 Å². The first-order valence-electron chi connectivity index (χ1n) is 10.4. The molecule has 172 valence electrons. The molecule has 0 unspecified atom stereocenters. The van der Waals surface area contributed by atoms with Gasteiger partial charge in [-0.15, -0.1) is 0 Å². The number of benzene rings is 2. The maximum Gasteiger partial charge on any atom is 0.416 e. The number of para-hydroxylation sites is 1. The van der Waals surface area contributed by atoms with Gasteiger partial charge in [-0.25, -0.2) is 4.39 Å². The molecule has 0 spiro atoms. The highest BCUT2D eigenvalue weighted by Gasteiger charge is 2.43. The quantitative estimate of drug-likeness (QED) is 0.277. The average Bonchev–Trinajstić information content (AvgIpc) is 3.44. The normalized spacial score (nSPS) is 18.2. The van der Waals surface area contributed by atoms with E-state index >= 15 is 0 Å². The molecule has 1 aliphatic heterocycles. The number of pyridine rings is 1. The van der Waals surface area contributed by atoms with Gasteiger partial charge < -0.3 is 14.8 Å². The molecule has 1 fully saturated rings. The molecule has 1 saturated heterocycles. The molecule has 3 heterocycles. The number of alkyl halides is 3. The summed E-state index contributed by atoms with van der Waals surface area (Å²) < 4.78 is 56.7. The fourth-order valence-corrected chi connectivity index (χ4v) is 4.60. The number of thiocarbonyl (C=S) groups is 1. The summed E-state index contributed by atoms with van der Waals surface area (Å²) in [6, 6.07) is 19.3. The van der Waals surface area contributed by atoms with E-state index in [1.165, 1.54) is 12.1 Å². The van der Waals surface area contributed by atoms with Gasteiger partial charge in [0.15, 0.2) is 5.11 Å². The van der Waals surface area contributed by atoms with Crippen LogP contribution in [0, 0.1) is 5.82 Å². The lowest BCUT2D eigenvalue weighted by atomic mass is 10.0. The molecular formula is C25H18F4N4S.